The number of terminal acetylenes is 1. The molecule has 1 aliphatic heterocycles. The van der Waals surface area contributed by atoms with Crippen LogP contribution in [0, 0.1) is 19.3 Å². The molecule has 0 aliphatic carbocycles. The van der Waals surface area contributed by atoms with E-state index >= 15 is 0 Å². The Morgan fingerprint density at radius 1 is 1.15 bits per heavy atom. The number of nitrogens with two attached hydrogens (primary N) is 1. The Morgan fingerprint density at radius 3 is 2.44 bits per heavy atom. The number of carbonyl (C=O) groups is 2. The molecule has 2 aromatic heterocycles. The second-order valence-electron chi connectivity index (χ2n) is 12.9. The number of nitrogens with one attached hydrogen (secondary N) is 2. The van der Waals surface area contributed by atoms with Crippen molar-refractivity contribution in [3.8, 4) is 29.8 Å². The molecule has 2 unspecified atom stereocenters. The highest BCUT2D eigenvalue weighted by Gasteiger charge is 2.29. The first kappa shape index (κ1) is 50.1. The zero-order valence-electron chi connectivity index (χ0n) is 32.6. The molecular weight excluding hydrogens is 897 g/mol. The largest absolute Gasteiger partial charge is 0.480 e. The Hall–Kier alpha value is -5.24. The first-order chi connectivity index (χ1) is 28.4. The van der Waals surface area contributed by atoms with Gasteiger partial charge in [0.1, 0.15) is 30.0 Å². The molecule has 61 heavy (non-hydrogen) atoms. The fourth-order valence-electron chi connectivity index (χ4n) is 5.13. The van der Waals surface area contributed by atoms with Gasteiger partial charge in [-0.15, -0.1) is 11.5 Å². The van der Waals surface area contributed by atoms with E-state index in [2.05, 4.69) is 31.3 Å². The number of carbonyl (C=O) groups excluding carboxylic acids is 1. The highest BCUT2D eigenvalue weighted by Crippen LogP contribution is 2.36. The molecule has 0 saturated carbocycles. The van der Waals surface area contributed by atoms with Gasteiger partial charge >= 0.3 is 29.9 Å². The number of benzene rings is 2. The molecule has 5 rings (SSSR count). The number of aryl methyl sites for hydroxylation is 3. The van der Waals surface area contributed by atoms with E-state index in [4.69, 9.17) is 54.8 Å². The molecule has 19 nitrogen and oxygen atoms in total. The first-order valence-electron chi connectivity index (χ1n) is 17.7. The quantitative estimate of drug-likeness (QED) is 0.0907. The third-order valence-electron chi connectivity index (χ3n) is 7.99. The van der Waals surface area contributed by atoms with Crippen molar-refractivity contribution in [3.05, 3.63) is 74.1 Å². The molecule has 6 N–H and O–H groups in total. The van der Waals surface area contributed by atoms with Gasteiger partial charge in [0.05, 0.1) is 27.7 Å². The van der Waals surface area contributed by atoms with Crippen LogP contribution < -0.4 is 30.9 Å². The van der Waals surface area contributed by atoms with Gasteiger partial charge < -0.3 is 25.2 Å². The molecule has 0 radical (unpaired) electrons. The van der Waals surface area contributed by atoms with Gasteiger partial charge in [-0.2, -0.15) is 32.8 Å². The normalized spacial score (nSPS) is 13.7. The van der Waals surface area contributed by atoms with Gasteiger partial charge in [0.15, 0.2) is 7.37 Å². The number of halogens is 5. The predicted octanol–water partition coefficient (Wildman–Crippen LogP) is 4.57. The lowest BCUT2D eigenvalue weighted by Gasteiger charge is -2.13. The Bertz CT molecular complexity index is 2460. The van der Waals surface area contributed by atoms with Crippen molar-refractivity contribution in [2.24, 2.45) is 5.73 Å². The molecule has 332 valence electrons. The average molecular weight is 939 g/mol. The fraction of sp³-hybridized carbons (Fsp3) is 0.400. The van der Waals surface area contributed by atoms with Crippen LogP contribution in [0.5, 0.6) is 11.8 Å². The smallest absolute Gasteiger partial charge is 0.389 e. The van der Waals surface area contributed by atoms with Gasteiger partial charge in [0.25, 0.3) is 10.0 Å². The molecule has 0 bridgehead atoms. The highest BCUT2D eigenvalue weighted by atomic mass is 35.5. The number of urea groups is 1. The first-order valence-corrected chi connectivity index (χ1v) is 22.2. The number of alkyl halides is 3. The topological polar surface area (TPSA) is 273 Å². The summed E-state index contributed by atoms with van der Waals surface area (Å²) < 4.78 is 87.8. The summed E-state index contributed by atoms with van der Waals surface area (Å²) in [5.41, 5.74) is 5.25. The Kier molecular flexibility index (Phi) is 18.1. The summed E-state index contributed by atoms with van der Waals surface area (Å²) in [6, 6.07) is 5.89. The van der Waals surface area contributed by atoms with Crippen molar-refractivity contribution in [3.63, 3.8) is 0 Å². The summed E-state index contributed by atoms with van der Waals surface area (Å²) in [6.07, 6.45) is 1.78. The highest BCUT2D eigenvalue weighted by molar-refractivity contribution is 7.90. The summed E-state index contributed by atoms with van der Waals surface area (Å²) in [7, 11) is -6.25. The van der Waals surface area contributed by atoms with Crippen LogP contribution in [0.15, 0.2) is 46.1 Å². The van der Waals surface area contributed by atoms with Gasteiger partial charge in [0.2, 0.25) is 5.95 Å². The summed E-state index contributed by atoms with van der Waals surface area (Å²) in [4.78, 5) is 54.3. The predicted molar refractivity (Wildman–Crippen MR) is 217 cm³/mol. The molecule has 26 heteroatoms. The number of carboxylic acids is 1. The van der Waals surface area contributed by atoms with Crippen molar-refractivity contribution in [1.29, 1.82) is 0 Å². The number of carboxylic acid groups (broad SMARTS) is 1. The van der Waals surface area contributed by atoms with Crippen molar-refractivity contribution >= 4 is 58.5 Å². The lowest BCUT2D eigenvalue weighted by atomic mass is 10.1. The second kappa shape index (κ2) is 22.0. The van der Waals surface area contributed by atoms with E-state index in [0.29, 0.717) is 28.0 Å². The van der Waals surface area contributed by atoms with E-state index in [-0.39, 0.29) is 48.2 Å². The molecular formula is C35H41Cl2F3N9O10PS. The number of sulfonamides is 1. The summed E-state index contributed by atoms with van der Waals surface area (Å²) in [5, 5.41) is 15.4. The summed E-state index contributed by atoms with van der Waals surface area (Å²) >= 11 is 12.3. The summed E-state index contributed by atoms with van der Waals surface area (Å²) in [6.45, 7) is 3.44. The number of anilines is 1. The van der Waals surface area contributed by atoms with E-state index in [9.17, 15) is 40.5 Å². The van der Waals surface area contributed by atoms with Crippen LogP contribution in [0.2, 0.25) is 10.0 Å². The van der Waals surface area contributed by atoms with Crippen molar-refractivity contribution in [1.82, 2.24) is 34.0 Å². The number of methoxy groups -OCH3 is 1. The molecule has 1 aliphatic rings. The monoisotopic (exact) mass is 937 g/mol. The lowest BCUT2D eigenvalue weighted by Crippen LogP contribution is -2.35. The summed E-state index contributed by atoms with van der Waals surface area (Å²) in [5.74, 6) is 2.32. The van der Waals surface area contributed by atoms with Crippen LogP contribution in [-0.2, 0) is 38.8 Å². The number of aromatic nitrogens is 6. The van der Waals surface area contributed by atoms with Gasteiger partial charge in [-0.25, -0.2) is 22.7 Å². The molecule has 0 fully saturated rings. The second-order valence-corrected chi connectivity index (χ2v) is 17.9. The number of amides is 2. The lowest BCUT2D eigenvalue weighted by molar-refractivity contribution is -0.138. The Labute approximate surface area is 357 Å². The van der Waals surface area contributed by atoms with E-state index in [1.807, 2.05) is 0 Å². The Morgan fingerprint density at radius 2 is 1.84 bits per heavy atom. The van der Waals surface area contributed by atoms with E-state index < -0.39 is 59.3 Å². The molecule has 2 atom stereocenters. The number of rotatable bonds is 13. The fourth-order valence-corrected chi connectivity index (χ4v) is 7.58. The minimum absolute atomic E-state index is 0.0412. The number of hydrogen-bond donors (Lipinski definition) is 5. The van der Waals surface area contributed by atoms with Crippen LogP contribution in [0.1, 0.15) is 42.9 Å². The van der Waals surface area contributed by atoms with Crippen LogP contribution in [0.3, 0.4) is 0 Å². The van der Waals surface area contributed by atoms with Crippen LogP contribution in [-0.4, -0.2) is 98.5 Å². The number of hydrogen-bond acceptors (Lipinski definition) is 13. The van der Waals surface area contributed by atoms with Gasteiger partial charge in [-0.3, -0.25) is 19.2 Å². The molecule has 4 aromatic rings. The standard InChI is InChI=1S/C15H13Cl2N3O2.C15H16F3N5O4S.C5H12NO4P/c1-2-7-22-13-9-12(10(16)8-11(13)17)20-15(21)19-6-4-3-5-14(19)18-20;1-9-19-12(22-14(20-9)27-2)21-13(24)23-28(25,26)11-6-4-3-5-10(11)7-8-15(16,17)18;1-11(9,10)3-2-4(6)5(7)8/h1,8-9H,3-7H2;3-6H,7-8H2,1-2H3,(H2,19,20,21,22,23,24);4H,2-3,6H2,1H3,(H,7,8)(H,9,10). The van der Waals surface area contributed by atoms with E-state index in [0.717, 1.165) is 31.2 Å². The van der Waals surface area contributed by atoms with Crippen molar-refractivity contribution in [2.45, 2.75) is 69.1 Å². The van der Waals surface area contributed by atoms with Crippen molar-refractivity contribution < 1.29 is 55.2 Å². The maximum absolute atomic E-state index is 12.5. The average Bonchev–Trinajstić information content (AvgIpc) is 3.50. The van der Waals surface area contributed by atoms with E-state index in [1.165, 1.54) is 49.6 Å². The Balaban J connectivity index is 0.000000267. The maximum atomic E-state index is 12.5. The maximum Gasteiger partial charge on any atom is 0.389 e. The zero-order valence-corrected chi connectivity index (χ0v) is 35.9. The van der Waals surface area contributed by atoms with Crippen LogP contribution in [0.4, 0.5) is 23.9 Å². The van der Waals surface area contributed by atoms with Crippen LogP contribution >= 0.6 is 30.6 Å². The molecule has 2 aromatic carbocycles. The minimum Gasteiger partial charge on any atom is -0.480 e. The number of ether oxygens (including phenoxy) is 2. The number of aliphatic carboxylic acids is 1. The molecule has 3 heterocycles. The minimum atomic E-state index is -4.45. The van der Waals surface area contributed by atoms with Gasteiger partial charge in [-0.05, 0) is 50.3 Å². The number of fused-ring (bicyclic) bond motifs is 1. The molecule has 0 spiro atoms. The molecule has 0 saturated heterocycles. The molecule has 2 amide bonds. The van der Waals surface area contributed by atoms with Gasteiger partial charge in [-0.1, -0.05) is 47.3 Å². The van der Waals surface area contributed by atoms with Gasteiger partial charge in [0, 0.05) is 38.3 Å². The van der Waals surface area contributed by atoms with E-state index in [1.54, 1.807) is 15.4 Å². The van der Waals surface area contributed by atoms with Crippen LogP contribution in [0.25, 0.3) is 5.69 Å². The third-order valence-corrected chi connectivity index (χ3v) is 11.1. The number of nitrogens with zero attached hydrogens (tertiary/aromatic N) is 6. The SMILES string of the molecule is C#CCOc1cc(-n2nc3n(c2=O)CCCC3)c(Cl)cc1Cl.COc1nc(C)nc(NC(=O)NS(=O)(=O)c2ccccc2CCC(F)(F)F)n1.CP(=O)(O)CCC(N)C(=O)O. The zero-order chi connectivity index (χ0) is 45.7. The third kappa shape index (κ3) is 15.9. The van der Waals surface area contributed by atoms with Crippen molar-refractivity contribution in [2.75, 3.05) is 31.9 Å².